The zero-order chi connectivity index (χ0) is 18.4. The minimum absolute atomic E-state index is 0.0461. The predicted octanol–water partition coefficient (Wildman–Crippen LogP) is 4.21. The van der Waals surface area contributed by atoms with Crippen LogP contribution < -0.4 is 20.1 Å². The van der Waals surface area contributed by atoms with Crippen molar-refractivity contribution in [3.8, 4) is 11.5 Å². The molecule has 4 bridgehead atoms. The van der Waals surface area contributed by atoms with Crippen LogP contribution in [0.2, 0.25) is 0 Å². The van der Waals surface area contributed by atoms with Crippen molar-refractivity contribution in [2.24, 2.45) is 23.2 Å². The van der Waals surface area contributed by atoms with E-state index < -0.39 is 0 Å². The number of ether oxygens (including phenoxy) is 2. The third-order valence-electron chi connectivity index (χ3n) is 7.43. The maximum absolute atomic E-state index is 12.6. The van der Waals surface area contributed by atoms with Gasteiger partial charge in [0.1, 0.15) is 0 Å². The predicted molar refractivity (Wildman–Crippen MR) is 103 cm³/mol. The van der Waals surface area contributed by atoms with E-state index in [0.717, 1.165) is 41.2 Å². The SMILES string of the molecule is CC[C@@H](NC(=O)NCc1ccc2c(c1)OCO2)C12CC3CC(CC(C3)C1)C2. The van der Waals surface area contributed by atoms with E-state index >= 15 is 0 Å². The number of benzene rings is 1. The summed E-state index contributed by atoms with van der Waals surface area (Å²) in [5.74, 6) is 4.25. The van der Waals surface area contributed by atoms with E-state index in [0.29, 0.717) is 18.0 Å². The average molecular weight is 370 g/mol. The van der Waals surface area contributed by atoms with E-state index in [-0.39, 0.29) is 12.8 Å². The van der Waals surface area contributed by atoms with Gasteiger partial charge in [0.15, 0.2) is 11.5 Å². The maximum atomic E-state index is 12.6. The molecular formula is C22H30N2O3. The third kappa shape index (κ3) is 3.15. The summed E-state index contributed by atoms with van der Waals surface area (Å²) in [6, 6.07) is 6.07. The molecule has 5 aliphatic rings. The molecular weight excluding hydrogens is 340 g/mol. The topological polar surface area (TPSA) is 59.6 Å². The number of hydrogen-bond donors (Lipinski definition) is 2. The summed E-state index contributed by atoms with van der Waals surface area (Å²) >= 11 is 0. The van der Waals surface area contributed by atoms with Crippen molar-refractivity contribution in [2.75, 3.05) is 6.79 Å². The molecule has 1 aromatic carbocycles. The van der Waals surface area contributed by atoms with Gasteiger partial charge in [-0.1, -0.05) is 13.0 Å². The van der Waals surface area contributed by atoms with Crippen LogP contribution in [0.4, 0.5) is 4.79 Å². The highest BCUT2D eigenvalue weighted by molar-refractivity contribution is 5.74. The lowest BCUT2D eigenvalue weighted by atomic mass is 9.47. The van der Waals surface area contributed by atoms with Crippen molar-refractivity contribution in [3.63, 3.8) is 0 Å². The summed E-state index contributed by atoms with van der Waals surface area (Å²) < 4.78 is 10.8. The Kier molecular flexibility index (Phi) is 4.21. The van der Waals surface area contributed by atoms with Gasteiger partial charge in [0.2, 0.25) is 6.79 Å². The van der Waals surface area contributed by atoms with Crippen molar-refractivity contribution in [1.29, 1.82) is 0 Å². The van der Waals surface area contributed by atoms with Crippen LogP contribution in [0.3, 0.4) is 0 Å². The van der Waals surface area contributed by atoms with Crippen LogP contribution in [-0.2, 0) is 6.54 Å². The van der Waals surface area contributed by atoms with Gasteiger partial charge >= 0.3 is 6.03 Å². The van der Waals surface area contributed by atoms with Crippen LogP contribution in [0.1, 0.15) is 57.4 Å². The molecule has 0 aromatic heterocycles. The standard InChI is InChI=1S/C22H30N2O3/c1-2-20(22-9-15-5-16(10-22)7-17(6-15)11-22)24-21(25)23-12-14-3-4-18-19(8-14)27-13-26-18/h3-4,8,15-17,20H,2,5-7,9-13H2,1H3,(H2,23,24,25)/t15?,16?,17?,20-,22?/m1/s1. The van der Waals surface area contributed by atoms with Gasteiger partial charge in [-0.05, 0) is 85.8 Å². The zero-order valence-corrected chi connectivity index (χ0v) is 16.1. The molecule has 1 aromatic rings. The first-order chi connectivity index (χ1) is 13.1. The number of urea groups is 1. The largest absolute Gasteiger partial charge is 0.454 e. The second-order valence-corrected chi connectivity index (χ2v) is 9.26. The molecule has 146 valence electrons. The number of hydrogen-bond acceptors (Lipinski definition) is 3. The van der Waals surface area contributed by atoms with Crippen molar-refractivity contribution in [3.05, 3.63) is 23.8 Å². The number of amides is 2. The number of carbonyl (C=O) groups excluding carboxylic acids is 1. The molecule has 5 nitrogen and oxygen atoms in total. The Morgan fingerprint density at radius 2 is 1.78 bits per heavy atom. The highest BCUT2D eigenvalue weighted by Gasteiger charge is 2.54. The Morgan fingerprint density at radius 1 is 1.11 bits per heavy atom. The van der Waals surface area contributed by atoms with Crippen molar-refractivity contribution >= 4 is 6.03 Å². The number of fused-ring (bicyclic) bond motifs is 1. The van der Waals surface area contributed by atoms with Crippen molar-refractivity contribution < 1.29 is 14.3 Å². The van der Waals surface area contributed by atoms with Crippen molar-refractivity contribution in [1.82, 2.24) is 10.6 Å². The minimum Gasteiger partial charge on any atom is -0.454 e. The quantitative estimate of drug-likeness (QED) is 0.816. The molecule has 1 atom stereocenters. The highest BCUT2D eigenvalue weighted by atomic mass is 16.7. The Balaban J connectivity index is 1.21. The lowest BCUT2D eigenvalue weighted by molar-refractivity contribution is -0.0721. The lowest BCUT2D eigenvalue weighted by Crippen LogP contribution is -2.57. The van der Waals surface area contributed by atoms with Crippen LogP contribution in [0, 0.1) is 23.2 Å². The number of nitrogens with one attached hydrogen (secondary N) is 2. The molecule has 2 N–H and O–H groups in total. The van der Waals surface area contributed by atoms with Gasteiger partial charge in [0.25, 0.3) is 0 Å². The first-order valence-electron chi connectivity index (χ1n) is 10.6. The first kappa shape index (κ1) is 17.2. The summed E-state index contributed by atoms with van der Waals surface area (Å²) in [5.41, 5.74) is 1.37. The minimum atomic E-state index is -0.0461. The molecule has 1 aliphatic heterocycles. The molecule has 0 unspecified atom stereocenters. The van der Waals surface area contributed by atoms with Crippen LogP contribution in [0.15, 0.2) is 18.2 Å². The number of carbonyl (C=O) groups is 1. The van der Waals surface area contributed by atoms with Gasteiger partial charge in [-0.15, -0.1) is 0 Å². The Labute approximate surface area is 161 Å². The fraction of sp³-hybridized carbons (Fsp3) is 0.682. The van der Waals surface area contributed by atoms with E-state index in [4.69, 9.17) is 9.47 Å². The molecule has 4 fully saturated rings. The Morgan fingerprint density at radius 3 is 2.44 bits per heavy atom. The van der Waals surface area contributed by atoms with Gasteiger partial charge in [-0.2, -0.15) is 0 Å². The lowest BCUT2D eigenvalue weighted by Gasteiger charge is -2.59. The van der Waals surface area contributed by atoms with Crippen LogP contribution in [0.25, 0.3) is 0 Å². The Hall–Kier alpha value is -1.91. The highest BCUT2D eigenvalue weighted by Crippen LogP contribution is 2.61. The molecule has 2 amide bonds. The third-order valence-corrected chi connectivity index (χ3v) is 7.43. The summed E-state index contributed by atoms with van der Waals surface area (Å²) in [4.78, 5) is 12.6. The molecule has 4 saturated carbocycles. The van der Waals surface area contributed by atoms with E-state index in [9.17, 15) is 4.79 Å². The van der Waals surface area contributed by atoms with Crippen LogP contribution in [-0.4, -0.2) is 18.9 Å². The van der Waals surface area contributed by atoms with Gasteiger partial charge in [0, 0.05) is 12.6 Å². The van der Waals surface area contributed by atoms with E-state index in [1.807, 2.05) is 18.2 Å². The molecule has 27 heavy (non-hydrogen) atoms. The van der Waals surface area contributed by atoms with E-state index in [1.165, 1.54) is 38.5 Å². The summed E-state index contributed by atoms with van der Waals surface area (Å²) in [6.45, 7) is 3.00. The molecule has 0 radical (unpaired) electrons. The van der Waals surface area contributed by atoms with Gasteiger partial charge in [-0.3, -0.25) is 0 Å². The van der Waals surface area contributed by atoms with Gasteiger partial charge < -0.3 is 20.1 Å². The van der Waals surface area contributed by atoms with Crippen LogP contribution in [0.5, 0.6) is 11.5 Å². The summed E-state index contributed by atoms with van der Waals surface area (Å²) in [7, 11) is 0. The average Bonchev–Trinajstić information content (AvgIpc) is 3.11. The summed E-state index contributed by atoms with van der Waals surface area (Å²) in [5, 5.41) is 6.38. The monoisotopic (exact) mass is 370 g/mol. The molecule has 0 saturated heterocycles. The maximum Gasteiger partial charge on any atom is 0.315 e. The molecule has 6 rings (SSSR count). The molecule has 0 spiro atoms. The van der Waals surface area contributed by atoms with Gasteiger partial charge in [0.05, 0.1) is 0 Å². The molecule has 5 heteroatoms. The molecule has 1 heterocycles. The number of rotatable bonds is 5. The fourth-order valence-corrected chi connectivity index (χ4v) is 6.74. The smallest absolute Gasteiger partial charge is 0.315 e. The van der Waals surface area contributed by atoms with Gasteiger partial charge in [-0.25, -0.2) is 4.79 Å². The zero-order valence-electron chi connectivity index (χ0n) is 16.1. The summed E-state index contributed by atoms with van der Waals surface area (Å²) in [6.07, 6.45) is 9.29. The van der Waals surface area contributed by atoms with E-state index in [2.05, 4.69) is 17.6 Å². The van der Waals surface area contributed by atoms with Crippen molar-refractivity contribution in [2.45, 2.75) is 64.5 Å². The second-order valence-electron chi connectivity index (χ2n) is 9.26. The van der Waals surface area contributed by atoms with Crippen LogP contribution >= 0.6 is 0 Å². The first-order valence-corrected chi connectivity index (χ1v) is 10.6. The normalized spacial score (nSPS) is 33.7. The fourth-order valence-electron chi connectivity index (χ4n) is 6.74. The van der Waals surface area contributed by atoms with E-state index in [1.54, 1.807) is 0 Å². The Bertz CT molecular complexity index is 697. The second kappa shape index (κ2) is 6.61. The molecule has 4 aliphatic carbocycles.